The second kappa shape index (κ2) is 7.30. The van der Waals surface area contributed by atoms with E-state index in [2.05, 4.69) is 19.9 Å². The van der Waals surface area contributed by atoms with E-state index in [0.29, 0.717) is 11.4 Å². The van der Waals surface area contributed by atoms with Crippen molar-refractivity contribution in [3.63, 3.8) is 0 Å². The number of hydrogen-bond acceptors (Lipinski definition) is 6. The van der Waals surface area contributed by atoms with E-state index in [1.54, 1.807) is 0 Å². The number of hydrogen-bond donors (Lipinski definition) is 2. The fourth-order valence-corrected chi connectivity index (χ4v) is 4.44. The van der Waals surface area contributed by atoms with Crippen LogP contribution in [-0.4, -0.2) is 50.4 Å². The zero-order valence-electron chi connectivity index (χ0n) is 14.8. The Balaban J connectivity index is 1.93. The number of benzene rings is 2. The van der Waals surface area contributed by atoms with Gasteiger partial charge in [0.1, 0.15) is 12.1 Å². The second-order valence-electron chi connectivity index (χ2n) is 5.90. The third kappa shape index (κ3) is 3.88. The smallest absolute Gasteiger partial charge is 0.262 e. The number of aromatic nitrogens is 3. The van der Waals surface area contributed by atoms with E-state index >= 15 is 0 Å². The van der Waals surface area contributed by atoms with Gasteiger partial charge in [0.15, 0.2) is 5.82 Å². The number of aromatic amines is 1. The Morgan fingerprint density at radius 2 is 1.75 bits per heavy atom. The summed E-state index contributed by atoms with van der Waals surface area (Å²) in [5.74, 6) is -0.496. The summed E-state index contributed by atoms with van der Waals surface area (Å²) in [5, 5.41) is 6.24. The first-order valence-corrected chi connectivity index (χ1v) is 10.7. The van der Waals surface area contributed by atoms with E-state index in [1.807, 2.05) is 0 Å². The predicted molar refractivity (Wildman–Crippen MR) is 99.9 cm³/mol. The van der Waals surface area contributed by atoms with Gasteiger partial charge in [-0.2, -0.15) is 5.10 Å². The van der Waals surface area contributed by atoms with Crippen LogP contribution in [-0.2, 0) is 20.0 Å². The van der Waals surface area contributed by atoms with Crippen LogP contribution in [0.1, 0.15) is 0 Å². The van der Waals surface area contributed by atoms with E-state index in [1.165, 1.54) is 50.8 Å². The molecule has 1 heterocycles. The molecule has 2 N–H and O–H groups in total. The Morgan fingerprint density at radius 3 is 2.36 bits per heavy atom. The summed E-state index contributed by atoms with van der Waals surface area (Å²) in [6.07, 6.45) is 1.26. The summed E-state index contributed by atoms with van der Waals surface area (Å²) in [6.45, 7) is 0. The van der Waals surface area contributed by atoms with Crippen molar-refractivity contribution in [2.75, 3.05) is 18.8 Å². The highest BCUT2D eigenvalue weighted by atomic mass is 32.2. The molecule has 1 aromatic heterocycles. The summed E-state index contributed by atoms with van der Waals surface area (Å²) >= 11 is 0. The lowest BCUT2D eigenvalue weighted by Gasteiger charge is -2.13. The van der Waals surface area contributed by atoms with E-state index < -0.39 is 25.9 Å². The van der Waals surface area contributed by atoms with Crippen molar-refractivity contribution in [1.29, 1.82) is 0 Å². The highest BCUT2D eigenvalue weighted by Crippen LogP contribution is 2.25. The topological polar surface area (TPSA) is 125 Å². The molecule has 2 aromatic carbocycles. The number of H-pyrrole nitrogens is 1. The molecule has 0 amide bonds. The highest BCUT2D eigenvalue weighted by Gasteiger charge is 2.22. The number of rotatable bonds is 6. The van der Waals surface area contributed by atoms with Crippen molar-refractivity contribution in [3.8, 4) is 11.4 Å². The van der Waals surface area contributed by atoms with Gasteiger partial charge >= 0.3 is 0 Å². The van der Waals surface area contributed by atoms with Gasteiger partial charge in [-0.1, -0.05) is 6.07 Å². The van der Waals surface area contributed by atoms with Crippen LogP contribution < -0.4 is 4.72 Å². The summed E-state index contributed by atoms with van der Waals surface area (Å²) < 4.78 is 67.1. The number of sulfonamides is 2. The first-order valence-electron chi connectivity index (χ1n) is 7.82. The highest BCUT2D eigenvalue weighted by molar-refractivity contribution is 7.93. The molecule has 0 aliphatic heterocycles. The quantitative estimate of drug-likeness (QED) is 0.619. The molecule has 9 nitrogen and oxygen atoms in total. The largest absolute Gasteiger partial charge is 0.277 e. The van der Waals surface area contributed by atoms with Crippen LogP contribution in [0.15, 0.2) is 58.6 Å². The molecule has 0 aliphatic carbocycles. The lowest BCUT2D eigenvalue weighted by atomic mass is 10.2. The monoisotopic (exact) mass is 425 g/mol. The third-order valence-electron chi connectivity index (χ3n) is 3.80. The number of nitrogens with zero attached hydrogens (tertiary/aromatic N) is 3. The molecule has 0 radical (unpaired) electrons. The molecule has 0 spiro atoms. The minimum atomic E-state index is -4.22. The zero-order chi connectivity index (χ0) is 20.5. The van der Waals surface area contributed by atoms with Crippen molar-refractivity contribution in [2.24, 2.45) is 0 Å². The minimum absolute atomic E-state index is 0.193. The molecule has 12 heteroatoms. The maximum Gasteiger partial charge on any atom is 0.262 e. The van der Waals surface area contributed by atoms with Crippen LogP contribution in [0.5, 0.6) is 0 Å². The standard InChI is InChI=1S/C16H16FN5O4S2/c1-22(2)28(25,26)13-5-3-4-12(9-13)27(23,24)21-15-7-6-11(8-14(15)17)16-18-10-19-20-16/h3-10,21H,1-2H3,(H,18,19,20). The van der Waals surface area contributed by atoms with Gasteiger partial charge in [-0.05, 0) is 36.4 Å². The molecular weight excluding hydrogens is 409 g/mol. The number of halogens is 1. The van der Waals surface area contributed by atoms with Crippen molar-refractivity contribution >= 4 is 25.7 Å². The van der Waals surface area contributed by atoms with E-state index in [4.69, 9.17) is 0 Å². The molecule has 0 aliphatic rings. The van der Waals surface area contributed by atoms with Crippen LogP contribution in [0.2, 0.25) is 0 Å². The number of nitrogens with one attached hydrogen (secondary N) is 2. The van der Waals surface area contributed by atoms with E-state index in [-0.39, 0.29) is 15.5 Å². The van der Waals surface area contributed by atoms with Crippen molar-refractivity contribution in [2.45, 2.75) is 9.79 Å². The Kier molecular flexibility index (Phi) is 5.19. The Bertz CT molecular complexity index is 1210. The van der Waals surface area contributed by atoms with Crippen molar-refractivity contribution < 1.29 is 21.2 Å². The van der Waals surface area contributed by atoms with Gasteiger partial charge in [-0.15, -0.1) is 0 Å². The van der Waals surface area contributed by atoms with Crippen molar-refractivity contribution in [1.82, 2.24) is 19.5 Å². The Morgan fingerprint density at radius 1 is 1.04 bits per heavy atom. The van der Waals surface area contributed by atoms with Crippen LogP contribution in [0.3, 0.4) is 0 Å². The average molecular weight is 425 g/mol. The summed E-state index contributed by atoms with van der Waals surface area (Å²) in [4.78, 5) is 3.39. The van der Waals surface area contributed by atoms with Gasteiger partial charge in [0, 0.05) is 19.7 Å². The molecule has 148 valence electrons. The summed E-state index contributed by atoms with van der Waals surface area (Å²) in [6, 6.07) is 8.62. The van der Waals surface area contributed by atoms with E-state index in [0.717, 1.165) is 16.4 Å². The minimum Gasteiger partial charge on any atom is -0.277 e. The van der Waals surface area contributed by atoms with Crippen LogP contribution >= 0.6 is 0 Å². The van der Waals surface area contributed by atoms with Gasteiger partial charge < -0.3 is 0 Å². The van der Waals surface area contributed by atoms with Gasteiger partial charge in [-0.3, -0.25) is 9.82 Å². The maximum atomic E-state index is 14.4. The molecule has 0 fully saturated rings. The lowest BCUT2D eigenvalue weighted by Crippen LogP contribution is -2.22. The molecular formula is C16H16FN5O4S2. The maximum absolute atomic E-state index is 14.4. The lowest BCUT2D eigenvalue weighted by molar-refractivity contribution is 0.520. The van der Waals surface area contributed by atoms with Gasteiger partial charge in [0.25, 0.3) is 10.0 Å². The molecule has 0 atom stereocenters. The fourth-order valence-electron chi connectivity index (χ4n) is 2.31. The first-order chi connectivity index (χ1) is 13.1. The van der Waals surface area contributed by atoms with Crippen LogP contribution in [0, 0.1) is 5.82 Å². The summed E-state index contributed by atoms with van der Waals surface area (Å²) in [7, 11) is -5.37. The molecule has 0 saturated carbocycles. The predicted octanol–water partition coefficient (Wildman–Crippen LogP) is 1.66. The zero-order valence-corrected chi connectivity index (χ0v) is 16.4. The first kappa shape index (κ1) is 19.9. The molecule has 3 rings (SSSR count). The molecule has 0 unspecified atom stereocenters. The Labute approximate surface area is 161 Å². The number of anilines is 1. The van der Waals surface area contributed by atoms with Gasteiger partial charge in [0.2, 0.25) is 10.0 Å². The fraction of sp³-hybridized carbons (Fsp3) is 0.125. The van der Waals surface area contributed by atoms with Crippen LogP contribution in [0.4, 0.5) is 10.1 Å². The molecule has 3 aromatic rings. The third-order valence-corrected chi connectivity index (χ3v) is 6.97. The molecule has 0 saturated heterocycles. The van der Waals surface area contributed by atoms with E-state index in [9.17, 15) is 21.2 Å². The molecule has 0 bridgehead atoms. The van der Waals surface area contributed by atoms with Gasteiger partial charge in [0.05, 0.1) is 15.5 Å². The Hall–Kier alpha value is -2.83. The van der Waals surface area contributed by atoms with Crippen molar-refractivity contribution in [3.05, 3.63) is 54.6 Å². The molecule has 28 heavy (non-hydrogen) atoms. The normalized spacial score (nSPS) is 12.3. The SMILES string of the molecule is CN(C)S(=O)(=O)c1cccc(S(=O)(=O)Nc2ccc(-c3ncn[nH]3)cc2F)c1. The average Bonchev–Trinajstić information content (AvgIpc) is 3.18. The second-order valence-corrected chi connectivity index (χ2v) is 9.73. The summed E-state index contributed by atoms with van der Waals surface area (Å²) in [5.41, 5.74) is 0.0983. The van der Waals surface area contributed by atoms with Gasteiger partial charge in [-0.25, -0.2) is 30.5 Å². The van der Waals surface area contributed by atoms with Crippen LogP contribution in [0.25, 0.3) is 11.4 Å².